The highest BCUT2D eigenvalue weighted by Gasteiger charge is 2.45. The van der Waals surface area contributed by atoms with Crippen molar-refractivity contribution < 1.29 is 17.9 Å². The number of sulfone groups is 1. The minimum atomic E-state index is -3.22. The maximum atomic E-state index is 13.2. The zero-order valence-electron chi connectivity index (χ0n) is 18.2. The molecule has 1 saturated heterocycles. The van der Waals surface area contributed by atoms with E-state index in [0.717, 1.165) is 43.5 Å². The van der Waals surface area contributed by atoms with Crippen molar-refractivity contribution in [3.05, 3.63) is 65.5 Å². The van der Waals surface area contributed by atoms with Gasteiger partial charge in [0.2, 0.25) is 0 Å². The van der Waals surface area contributed by atoms with Crippen molar-refractivity contribution in [3.63, 3.8) is 0 Å². The summed E-state index contributed by atoms with van der Waals surface area (Å²) in [5.41, 5.74) is 1.61. The molecule has 0 saturated carbocycles. The van der Waals surface area contributed by atoms with E-state index in [2.05, 4.69) is 18.7 Å². The van der Waals surface area contributed by atoms with E-state index in [1.807, 2.05) is 31.2 Å². The topological polar surface area (TPSA) is 57.6 Å². The van der Waals surface area contributed by atoms with Crippen LogP contribution in [-0.4, -0.2) is 43.9 Å². The maximum absolute atomic E-state index is 13.2. The van der Waals surface area contributed by atoms with Crippen LogP contribution in [0.25, 0.3) is 0 Å². The first-order chi connectivity index (χ1) is 13.9. The number of hydrogen-bond donors (Lipinski definition) is 1. The first-order valence-corrected chi connectivity index (χ1v) is 12.3. The number of aliphatic hydroxyl groups excluding tert-OH is 1. The van der Waals surface area contributed by atoms with Gasteiger partial charge in [0.15, 0.2) is 9.84 Å². The largest absolute Gasteiger partial charge is 0.393 e. The molecule has 0 bridgehead atoms. The van der Waals surface area contributed by atoms with E-state index in [1.165, 1.54) is 18.4 Å². The fourth-order valence-electron chi connectivity index (χ4n) is 4.46. The fourth-order valence-corrected chi connectivity index (χ4v) is 5.09. The summed E-state index contributed by atoms with van der Waals surface area (Å²) in [6, 6.07) is 13.7. The Bertz CT molecular complexity index is 969. The second-order valence-corrected chi connectivity index (χ2v) is 11.2. The molecule has 0 aromatic heterocycles. The molecule has 6 heteroatoms. The van der Waals surface area contributed by atoms with E-state index in [0.29, 0.717) is 4.90 Å². The SMILES string of the molecule is C[C@@H](O)[C@]1(CCc2ccc(F)cc2)CCN(C(C)(C)c2ccc(S(C)(=O)=O)cc2)C1. The standard InChI is InChI=1S/C24H32FNO3S/c1-18(27)24(14-13-19-5-9-21(25)10-6-19)15-16-26(17-24)23(2,3)20-7-11-22(12-8-20)30(4,28)29/h5-12,18,27H,13-17H2,1-4H3/t18-,24-/m1/s1. The van der Waals surface area contributed by atoms with Crippen molar-refractivity contribution >= 4 is 9.84 Å². The van der Waals surface area contributed by atoms with Gasteiger partial charge in [-0.15, -0.1) is 0 Å². The third kappa shape index (κ3) is 4.76. The van der Waals surface area contributed by atoms with Gasteiger partial charge in [0, 0.05) is 23.8 Å². The molecular formula is C24H32FNO3S. The van der Waals surface area contributed by atoms with Crippen LogP contribution in [0.5, 0.6) is 0 Å². The summed E-state index contributed by atoms with van der Waals surface area (Å²) < 4.78 is 36.7. The molecule has 164 valence electrons. The minimum absolute atomic E-state index is 0.224. The third-order valence-electron chi connectivity index (χ3n) is 6.88. The lowest BCUT2D eigenvalue weighted by molar-refractivity contribution is 0.0259. The van der Waals surface area contributed by atoms with Gasteiger partial charge >= 0.3 is 0 Å². The highest BCUT2D eigenvalue weighted by Crippen LogP contribution is 2.43. The monoisotopic (exact) mass is 433 g/mol. The van der Waals surface area contributed by atoms with Crippen LogP contribution < -0.4 is 0 Å². The first kappa shape index (κ1) is 22.9. The Labute approximate surface area is 179 Å². The Kier molecular flexibility index (Phi) is 6.42. The summed E-state index contributed by atoms with van der Waals surface area (Å²) in [4.78, 5) is 2.70. The Balaban J connectivity index is 1.76. The third-order valence-corrected chi connectivity index (χ3v) is 8.00. The number of likely N-dealkylation sites (tertiary alicyclic amines) is 1. The fraction of sp³-hybridized carbons (Fsp3) is 0.500. The maximum Gasteiger partial charge on any atom is 0.175 e. The van der Waals surface area contributed by atoms with E-state index in [4.69, 9.17) is 0 Å². The van der Waals surface area contributed by atoms with Gasteiger partial charge in [-0.1, -0.05) is 24.3 Å². The summed E-state index contributed by atoms with van der Waals surface area (Å²) in [6.45, 7) is 7.75. The van der Waals surface area contributed by atoms with Crippen molar-refractivity contribution in [3.8, 4) is 0 Å². The summed E-state index contributed by atoms with van der Waals surface area (Å²) in [5, 5.41) is 10.7. The Morgan fingerprint density at radius 2 is 1.73 bits per heavy atom. The van der Waals surface area contributed by atoms with Crippen molar-refractivity contribution in [1.82, 2.24) is 4.90 Å². The van der Waals surface area contributed by atoms with Gasteiger partial charge in [0.1, 0.15) is 5.82 Å². The Morgan fingerprint density at radius 1 is 1.13 bits per heavy atom. The van der Waals surface area contributed by atoms with Crippen LogP contribution in [0.15, 0.2) is 53.4 Å². The molecule has 4 nitrogen and oxygen atoms in total. The van der Waals surface area contributed by atoms with E-state index >= 15 is 0 Å². The second kappa shape index (κ2) is 8.40. The van der Waals surface area contributed by atoms with Gasteiger partial charge < -0.3 is 5.11 Å². The highest BCUT2D eigenvalue weighted by atomic mass is 32.2. The van der Waals surface area contributed by atoms with Crippen molar-refractivity contribution in [2.75, 3.05) is 19.3 Å². The molecule has 0 amide bonds. The van der Waals surface area contributed by atoms with E-state index < -0.39 is 15.9 Å². The number of benzene rings is 2. The number of aliphatic hydroxyl groups is 1. The number of rotatable bonds is 7. The molecule has 2 aromatic rings. The molecule has 0 radical (unpaired) electrons. The van der Waals surface area contributed by atoms with Crippen LogP contribution >= 0.6 is 0 Å². The molecule has 2 atom stereocenters. The molecule has 1 fully saturated rings. The molecule has 1 aliphatic rings. The van der Waals surface area contributed by atoms with Gasteiger partial charge in [-0.2, -0.15) is 0 Å². The van der Waals surface area contributed by atoms with Crippen LogP contribution in [-0.2, 0) is 21.8 Å². The molecule has 3 rings (SSSR count). The Morgan fingerprint density at radius 3 is 2.27 bits per heavy atom. The predicted octanol–water partition coefficient (Wildman–Crippen LogP) is 4.17. The van der Waals surface area contributed by atoms with Gasteiger partial charge in [-0.25, -0.2) is 12.8 Å². The lowest BCUT2D eigenvalue weighted by atomic mass is 9.76. The van der Waals surface area contributed by atoms with E-state index in [-0.39, 0.29) is 16.8 Å². The highest BCUT2D eigenvalue weighted by molar-refractivity contribution is 7.90. The van der Waals surface area contributed by atoms with Crippen LogP contribution in [0.2, 0.25) is 0 Å². The van der Waals surface area contributed by atoms with Gasteiger partial charge in [-0.3, -0.25) is 4.90 Å². The lowest BCUT2D eigenvalue weighted by Gasteiger charge is -2.39. The number of aryl methyl sites for hydroxylation is 1. The quantitative estimate of drug-likeness (QED) is 0.712. The zero-order valence-corrected chi connectivity index (χ0v) is 19.0. The van der Waals surface area contributed by atoms with E-state index in [9.17, 15) is 17.9 Å². The number of nitrogens with zero attached hydrogens (tertiary/aromatic N) is 1. The molecular weight excluding hydrogens is 401 g/mol. The average Bonchev–Trinajstić information content (AvgIpc) is 3.14. The molecule has 0 unspecified atom stereocenters. The number of halogens is 1. The second-order valence-electron chi connectivity index (χ2n) is 9.19. The predicted molar refractivity (Wildman–Crippen MR) is 118 cm³/mol. The van der Waals surface area contributed by atoms with Crippen LogP contribution in [0.1, 0.15) is 44.7 Å². The van der Waals surface area contributed by atoms with Crippen LogP contribution in [0.3, 0.4) is 0 Å². The van der Waals surface area contributed by atoms with Crippen molar-refractivity contribution in [1.29, 1.82) is 0 Å². The number of hydrogen-bond acceptors (Lipinski definition) is 4. The Hall–Kier alpha value is -1.76. The smallest absolute Gasteiger partial charge is 0.175 e. The van der Waals surface area contributed by atoms with Crippen molar-refractivity contribution in [2.24, 2.45) is 5.41 Å². The first-order valence-electron chi connectivity index (χ1n) is 10.4. The van der Waals surface area contributed by atoms with Gasteiger partial charge in [0.25, 0.3) is 0 Å². The minimum Gasteiger partial charge on any atom is -0.393 e. The summed E-state index contributed by atoms with van der Waals surface area (Å²) in [7, 11) is -3.22. The molecule has 2 aromatic carbocycles. The molecule has 1 heterocycles. The molecule has 0 aliphatic carbocycles. The summed E-state index contributed by atoms with van der Waals surface area (Å²) in [6.07, 6.45) is 3.27. The van der Waals surface area contributed by atoms with E-state index in [1.54, 1.807) is 12.1 Å². The molecule has 30 heavy (non-hydrogen) atoms. The average molecular weight is 434 g/mol. The molecule has 0 spiro atoms. The molecule has 1 aliphatic heterocycles. The van der Waals surface area contributed by atoms with Crippen molar-refractivity contribution in [2.45, 2.75) is 56.6 Å². The zero-order chi connectivity index (χ0) is 22.2. The summed E-state index contributed by atoms with van der Waals surface area (Å²) >= 11 is 0. The van der Waals surface area contributed by atoms with Gasteiger partial charge in [-0.05, 0) is 82.0 Å². The molecule has 1 N–H and O–H groups in total. The normalized spacial score (nSPS) is 21.7. The summed E-state index contributed by atoms with van der Waals surface area (Å²) in [5.74, 6) is -0.236. The lowest BCUT2D eigenvalue weighted by Crippen LogP contribution is -2.44. The van der Waals surface area contributed by atoms with Crippen LogP contribution in [0, 0.1) is 11.2 Å². The van der Waals surface area contributed by atoms with Crippen LogP contribution in [0.4, 0.5) is 4.39 Å². The van der Waals surface area contributed by atoms with Gasteiger partial charge in [0.05, 0.1) is 11.0 Å².